The van der Waals surface area contributed by atoms with Crippen LogP contribution in [0.25, 0.3) is 10.8 Å². The second-order valence-corrected chi connectivity index (χ2v) is 4.21. The fourth-order valence-corrected chi connectivity index (χ4v) is 2.29. The van der Waals surface area contributed by atoms with E-state index >= 15 is 0 Å². The molecule has 0 bridgehead atoms. The van der Waals surface area contributed by atoms with Crippen LogP contribution in [0, 0.1) is 0 Å². The number of benzene rings is 2. The average Bonchev–Trinajstić information content (AvgIpc) is 2.52. The predicted molar refractivity (Wildman–Crippen MR) is 63.6 cm³/mol. The van der Waals surface area contributed by atoms with Gasteiger partial charge in [0.05, 0.1) is 12.7 Å². The molecule has 0 saturated heterocycles. The summed E-state index contributed by atoms with van der Waals surface area (Å²) in [6.45, 7) is 0.693. The Morgan fingerprint density at radius 2 is 2.00 bits per heavy atom. The molecule has 1 heterocycles. The lowest BCUT2D eigenvalue weighted by Gasteiger charge is -2.13. The lowest BCUT2D eigenvalue weighted by Crippen LogP contribution is -1.97. The molecule has 2 aromatic rings. The first-order valence-electron chi connectivity index (χ1n) is 5.69. The van der Waals surface area contributed by atoms with E-state index in [1.54, 1.807) is 0 Å². The quantitative estimate of drug-likeness (QED) is 0.730. The Kier molecular flexibility index (Phi) is 2.29. The molecule has 2 heteroatoms. The number of hydrogen-bond acceptors (Lipinski definition) is 2. The number of hydrogen-bond donors (Lipinski definition) is 1. The van der Waals surface area contributed by atoms with E-state index in [1.165, 1.54) is 0 Å². The van der Waals surface area contributed by atoms with Crippen molar-refractivity contribution < 1.29 is 9.84 Å². The summed E-state index contributed by atoms with van der Waals surface area (Å²) in [6.07, 6.45) is 1.30. The van der Waals surface area contributed by atoms with E-state index in [4.69, 9.17) is 4.74 Å². The third-order valence-corrected chi connectivity index (χ3v) is 3.14. The van der Waals surface area contributed by atoms with Crippen LogP contribution < -0.4 is 4.74 Å². The molecule has 0 spiro atoms. The van der Waals surface area contributed by atoms with Crippen LogP contribution in [-0.4, -0.2) is 11.7 Å². The minimum Gasteiger partial charge on any atom is -0.493 e. The Morgan fingerprint density at radius 1 is 1.12 bits per heavy atom. The summed E-state index contributed by atoms with van der Waals surface area (Å²) in [6, 6.07) is 12.2. The first-order valence-corrected chi connectivity index (χ1v) is 5.69. The van der Waals surface area contributed by atoms with Gasteiger partial charge in [0.15, 0.2) is 0 Å². The lowest BCUT2D eigenvalue weighted by molar-refractivity contribution is 0.167. The molecular weight excluding hydrogens is 200 g/mol. The van der Waals surface area contributed by atoms with Crippen LogP contribution >= 0.6 is 0 Å². The molecule has 0 aromatic heterocycles. The van der Waals surface area contributed by atoms with Crippen LogP contribution in [-0.2, 0) is 0 Å². The molecule has 0 amide bonds. The van der Waals surface area contributed by atoms with E-state index in [1.807, 2.05) is 30.3 Å². The summed E-state index contributed by atoms with van der Waals surface area (Å²) in [5.74, 6) is 0.864. The molecule has 1 aliphatic heterocycles. The fourth-order valence-electron chi connectivity index (χ4n) is 2.29. The molecule has 16 heavy (non-hydrogen) atoms. The smallest absolute Gasteiger partial charge is 0.132 e. The van der Waals surface area contributed by atoms with Crippen molar-refractivity contribution in [1.29, 1.82) is 0 Å². The van der Waals surface area contributed by atoms with Crippen molar-refractivity contribution in [2.75, 3.05) is 6.61 Å². The van der Waals surface area contributed by atoms with Gasteiger partial charge in [-0.25, -0.2) is 0 Å². The van der Waals surface area contributed by atoms with Crippen molar-refractivity contribution in [2.45, 2.75) is 18.9 Å². The highest BCUT2D eigenvalue weighted by Gasteiger charge is 2.19. The molecule has 0 aliphatic carbocycles. The molecule has 1 aliphatic rings. The number of fused-ring (bicyclic) bond motifs is 3. The largest absolute Gasteiger partial charge is 0.493 e. The van der Waals surface area contributed by atoms with E-state index < -0.39 is 0 Å². The van der Waals surface area contributed by atoms with Crippen LogP contribution in [0.15, 0.2) is 36.4 Å². The Morgan fingerprint density at radius 3 is 2.94 bits per heavy atom. The highest BCUT2D eigenvalue weighted by atomic mass is 16.5. The lowest BCUT2D eigenvalue weighted by atomic mass is 10.0. The monoisotopic (exact) mass is 214 g/mol. The van der Waals surface area contributed by atoms with Gasteiger partial charge >= 0.3 is 0 Å². The Hall–Kier alpha value is -1.54. The van der Waals surface area contributed by atoms with Gasteiger partial charge in [0, 0.05) is 10.9 Å². The standard InChI is InChI=1S/C14H14O2/c15-13-6-3-9-16-14-11-5-2-1-4-10(11)7-8-12(13)14/h1-2,4-5,7-8,13,15H,3,6,9H2/t13-/m0/s1. The summed E-state index contributed by atoms with van der Waals surface area (Å²) in [7, 11) is 0. The number of aliphatic hydroxyl groups excluding tert-OH is 1. The van der Waals surface area contributed by atoms with Gasteiger partial charge in [-0.05, 0) is 18.2 Å². The number of rotatable bonds is 0. The first-order chi connectivity index (χ1) is 7.86. The topological polar surface area (TPSA) is 29.5 Å². The maximum Gasteiger partial charge on any atom is 0.132 e. The summed E-state index contributed by atoms with van der Waals surface area (Å²) < 4.78 is 5.77. The molecule has 0 saturated carbocycles. The van der Waals surface area contributed by atoms with E-state index in [-0.39, 0.29) is 6.10 Å². The van der Waals surface area contributed by atoms with Crippen LogP contribution in [0.1, 0.15) is 24.5 Å². The molecule has 0 unspecified atom stereocenters. The number of ether oxygens (including phenoxy) is 1. The van der Waals surface area contributed by atoms with Crippen molar-refractivity contribution >= 4 is 10.8 Å². The zero-order valence-corrected chi connectivity index (χ0v) is 9.02. The van der Waals surface area contributed by atoms with Gasteiger partial charge in [0.25, 0.3) is 0 Å². The summed E-state index contributed by atoms with van der Waals surface area (Å²) in [5, 5.41) is 12.3. The first kappa shape index (κ1) is 9.67. The van der Waals surface area contributed by atoms with Gasteiger partial charge in [0.2, 0.25) is 0 Å². The van der Waals surface area contributed by atoms with Gasteiger partial charge in [-0.3, -0.25) is 0 Å². The molecule has 2 aromatic carbocycles. The second kappa shape index (κ2) is 3.80. The Balaban J connectivity index is 2.28. The third-order valence-electron chi connectivity index (χ3n) is 3.14. The SMILES string of the molecule is O[C@H]1CCCOc2c1ccc1ccccc21. The molecule has 1 N–H and O–H groups in total. The van der Waals surface area contributed by atoms with Crippen molar-refractivity contribution in [3.63, 3.8) is 0 Å². The van der Waals surface area contributed by atoms with E-state index in [9.17, 15) is 5.11 Å². The maximum absolute atomic E-state index is 10.0. The normalized spacial score (nSPS) is 19.9. The van der Waals surface area contributed by atoms with Gasteiger partial charge in [-0.1, -0.05) is 36.4 Å². The third kappa shape index (κ3) is 1.46. The van der Waals surface area contributed by atoms with Crippen LogP contribution in [0.5, 0.6) is 5.75 Å². The maximum atomic E-state index is 10.0. The molecule has 1 atom stereocenters. The van der Waals surface area contributed by atoms with E-state index in [2.05, 4.69) is 6.07 Å². The Labute approximate surface area is 94.5 Å². The molecule has 0 fully saturated rings. The molecule has 2 nitrogen and oxygen atoms in total. The summed E-state index contributed by atoms with van der Waals surface area (Å²) in [4.78, 5) is 0. The second-order valence-electron chi connectivity index (χ2n) is 4.21. The Bertz CT molecular complexity index is 519. The van der Waals surface area contributed by atoms with E-state index in [0.717, 1.165) is 34.9 Å². The van der Waals surface area contributed by atoms with Crippen LogP contribution in [0.4, 0.5) is 0 Å². The summed E-state index contributed by atoms with van der Waals surface area (Å²) in [5.41, 5.74) is 0.927. The van der Waals surface area contributed by atoms with Crippen molar-refractivity contribution in [2.24, 2.45) is 0 Å². The van der Waals surface area contributed by atoms with E-state index in [0.29, 0.717) is 6.61 Å². The molecule has 3 rings (SSSR count). The van der Waals surface area contributed by atoms with Crippen LogP contribution in [0.3, 0.4) is 0 Å². The highest BCUT2D eigenvalue weighted by Crippen LogP contribution is 2.37. The minimum absolute atomic E-state index is 0.387. The number of aliphatic hydroxyl groups is 1. The van der Waals surface area contributed by atoms with Crippen molar-refractivity contribution in [3.05, 3.63) is 42.0 Å². The van der Waals surface area contributed by atoms with Gasteiger partial charge in [0.1, 0.15) is 5.75 Å². The zero-order valence-electron chi connectivity index (χ0n) is 9.02. The van der Waals surface area contributed by atoms with Gasteiger partial charge < -0.3 is 9.84 Å². The summed E-state index contributed by atoms with van der Waals surface area (Å²) >= 11 is 0. The van der Waals surface area contributed by atoms with Crippen molar-refractivity contribution in [1.82, 2.24) is 0 Å². The van der Waals surface area contributed by atoms with Crippen LogP contribution in [0.2, 0.25) is 0 Å². The fraction of sp³-hybridized carbons (Fsp3) is 0.286. The van der Waals surface area contributed by atoms with Gasteiger partial charge in [-0.15, -0.1) is 0 Å². The van der Waals surface area contributed by atoms with Crippen molar-refractivity contribution in [3.8, 4) is 5.75 Å². The molecule has 82 valence electrons. The molecule has 0 radical (unpaired) electrons. The van der Waals surface area contributed by atoms with Gasteiger partial charge in [-0.2, -0.15) is 0 Å². The highest BCUT2D eigenvalue weighted by molar-refractivity contribution is 5.89. The predicted octanol–water partition coefficient (Wildman–Crippen LogP) is 3.05. The minimum atomic E-state index is -0.387. The molecular formula is C14H14O2. The zero-order chi connectivity index (χ0) is 11.0. The average molecular weight is 214 g/mol.